The van der Waals surface area contributed by atoms with E-state index in [1.165, 1.54) is 11.9 Å². The van der Waals surface area contributed by atoms with Gasteiger partial charge in [-0.2, -0.15) is 5.10 Å². The minimum atomic E-state index is -0.133. The maximum absolute atomic E-state index is 6.72. The van der Waals surface area contributed by atoms with Crippen molar-refractivity contribution in [3.63, 3.8) is 0 Å². The van der Waals surface area contributed by atoms with Crippen molar-refractivity contribution in [3.05, 3.63) is 116 Å². The number of hydrogen-bond acceptors (Lipinski definition) is 6. The second-order valence-corrected chi connectivity index (χ2v) is 12.4. The molecule has 1 aliphatic carbocycles. The van der Waals surface area contributed by atoms with Gasteiger partial charge in [0.1, 0.15) is 29.2 Å². The molecule has 0 amide bonds. The molecule has 0 saturated heterocycles. The predicted molar refractivity (Wildman–Crippen MR) is 161 cm³/mol. The van der Waals surface area contributed by atoms with Gasteiger partial charge in [0.25, 0.3) is 0 Å². The van der Waals surface area contributed by atoms with Crippen molar-refractivity contribution in [2.75, 3.05) is 0 Å². The van der Waals surface area contributed by atoms with Gasteiger partial charge in [0.2, 0.25) is 0 Å². The maximum atomic E-state index is 6.72. The topological polar surface area (TPSA) is 74.3 Å². The van der Waals surface area contributed by atoms with Gasteiger partial charge in [-0.05, 0) is 66.9 Å². The molecule has 0 atom stereocenters. The normalized spacial score (nSPS) is 14.0. The summed E-state index contributed by atoms with van der Waals surface area (Å²) >= 11 is 18.0. The Morgan fingerprint density at radius 3 is 2.40 bits per heavy atom. The molecule has 0 spiro atoms. The van der Waals surface area contributed by atoms with Crippen LogP contribution in [0.2, 0.25) is 10.0 Å². The molecule has 7 nitrogen and oxygen atoms in total. The highest BCUT2D eigenvalue weighted by Gasteiger charge is 2.49. The van der Waals surface area contributed by atoms with Gasteiger partial charge in [-0.15, -0.1) is 10.2 Å². The van der Waals surface area contributed by atoms with E-state index in [-0.39, 0.29) is 5.41 Å². The van der Waals surface area contributed by atoms with E-state index in [1.54, 1.807) is 22.3 Å². The molecule has 0 radical (unpaired) electrons. The Morgan fingerprint density at radius 1 is 0.925 bits per heavy atom. The van der Waals surface area contributed by atoms with Crippen molar-refractivity contribution in [3.8, 4) is 27.8 Å². The smallest absolute Gasteiger partial charge is 0.168 e. The Bertz CT molecular complexity index is 1810. The summed E-state index contributed by atoms with van der Waals surface area (Å²) in [6.07, 6.45) is 5.27. The van der Waals surface area contributed by atoms with E-state index >= 15 is 0 Å². The fourth-order valence-corrected chi connectivity index (χ4v) is 6.70. The number of imidazole rings is 1. The molecule has 7 rings (SSSR count). The van der Waals surface area contributed by atoms with Gasteiger partial charge in [-0.25, -0.2) is 14.6 Å². The van der Waals surface area contributed by atoms with E-state index in [0.29, 0.717) is 17.4 Å². The van der Waals surface area contributed by atoms with Crippen molar-refractivity contribution in [2.45, 2.75) is 24.8 Å². The molecule has 3 aromatic heterocycles. The van der Waals surface area contributed by atoms with Gasteiger partial charge in [-0.3, -0.25) is 4.57 Å². The van der Waals surface area contributed by atoms with Gasteiger partial charge >= 0.3 is 0 Å². The van der Waals surface area contributed by atoms with Crippen LogP contribution in [0.3, 0.4) is 0 Å². The third-order valence-corrected chi connectivity index (χ3v) is 9.38. The Hall–Kier alpha value is -3.37. The monoisotopic (exact) mass is 647 g/mol. The molecule has 0 N–H and O–H groups in total. The molecule has 1 fully saturated rings. The van der Waals surface area contributed by atoms with Crippen molar-refractivity contribution in [1.82, 2.24) is 34.5 Å². The maximum Gasteiger partial charge on any atom is 0.168 e. The van der Waals surface area contributed by atoms with Crippen LogP contribution in [-0.4, -0.2) is 34.5 Å². The Kier molecular flexibility index (Phi) is 6.54. The van der Waals surface area contributed by atoms with Crippen LogP contribution in [0, 0.1) is 0 Å². The summed E-state index contributed by atoms with van der Waals surface area (Å²) in [5.74, 6) is 0.716. The predicted octanol–water partition coefficient (Wildman–Crippen LogP) is 7.85. The zero-order valence-electron chi connectivity index (χ0n) is 20.9. The molecule has 6 aromatic rings. The summed E-state index contributed by atoms with van der Waals surface area (Å²) in [5, 5.41) is 16.8. The second kappa shape index (κ2) is 10.2. The van der Waals surface area contributed by atoms with Crippen LogP contribution in [0.15, 0.2) is 89.9 Å². The summed E-state index contributed by atoms with van der Waals surface area (Å²) in [7, 11) is 0. The molecule has 198 valence electrons. The fraction of sp³-hybridized carbons (Fsp3) is 0.138. The first-order valence-electron chi connectivity index (χ1n) is 12.6. The largest absolute Gasteiger partial charge is 0.294 e. The average molecular weight is 649 g/mol. The van der Waals surface area contributed by atoms with E-state index in [9.17, 15) is 0 Å². The quantitative estimate of drug-likeness (QED) is 0.176. The van der Waals surface area contributed by atoms with Gasteiger partial charge < -0.3 is 0 Å². The van der Waals surface area contributed by atoms with Crippen LogP contribution >= 0.6 is 50.5 Å². The first-order chi connectivity index (χ1) is 19.5. The molecule has 0 unspecified atom stereocenters. The Balaban J connectivity index is 1.42. The summed E-state index contributed by atoms with van der Waals surface area (Å²) in [6.45, 7) is 0.431. The third kappa shape index (κ3) is 4.56. The highest BCUT2D eigenvalue weighted by molar-refractivity contribution is 9.10. The number of benzene rings is 3. The standard InChI is InChI=1S/C29H20BrCl2N7S/c30-19-7-11-21(12-8-19)39-24(15-38-17-33-16-34-38)25(35-26(39)22-3-1-2-4-23(22)32)27-36-37-28(40-27)29(13-14-29)18-5-9-20(31)10-6-18/h1-12,16-17H,13-15H2. The summed E-state index contributed by atoms with van der Waals surface area (Å²) in [5.41, 5.74) is 4.48. The summed E-state index contributed by atoms with van der Waals surface area (Å²) in [4.78, 5) is 9.35. The third-order valence-electron chi connectivity index (χ3n) is 7.13. The van der Waals surface area contributed by atoms with Crippen molar-refractivity contribution in [1.29, 1.82) is 0 Å². The number of halogens is 3. The molecule has 11 heteroatoms. The molecule has 3 aromatic carbocycles. The second-order valence-electron chi connectivity index (χ2n) is 9.62. The number of aromatic nitrogens is 7. The lowest BCUT2D eigenvalue weighted by atomic mass is 9.97. The first kappa shape index (κ1) is 25.6. The van der Waals surface area contributed by atoms with Crippen LogP contribution < -0.4 is 0 Å². The van der Waals surface area contributed by atoms with Crippen molar-refractivity contribution < 1.29 is 0 Å². The first-order valence-corrected chi connectivity index (χ1v) is 14.9. The van der Waals surface area contributed by atoms with Crippen LogP contribution in [0.5, 0.6) is 0 Å². The van der Waals surface area contributed by atoms with Gasteiger partial charge in [-0.1, -0.05) is 74.7 Å². The molecular formula is C29H20BrCl2N7S. The minimum Gasteiger partial charge on any atom is -0.294 e. The molecule has 0 bridgehead atoms. The zero-order valence-corrected chi connectivity index (χ0v) is 24.8. The molecule has 40 heavy (non-hydrogen) atoms. The lowest BCUT2D eigenvalue weighted by molar-refractivity contribution is 0.662. The van der Waals surface area contributed by atoms with Crippen LogP contribution in [-0.2, 0) is 12.0 Å². The van der Waals surface area contributed by atoms with E-state index < -0.39 is 0 Å². The highest BCUT2D eigenvalue weighted by atomic mass is 79.9. The van der Waals surface area contributed by atoms with E-state index in [2.05, 4.69) is 47.8 Å². The minimum absolute atomic E-state index is 0.133. The molecule has 3 heterocycles. The highest BCUT2D eigenvalue weighted by Crippen LogP contribution is 2.55. The number of nitrogens with zero attached hydrogens (tertiary/aromatic N) is 7. The fourth-order valence-electron chi connectivity index (χ4n) is 4.96. The lowest BCUT2D eigenvalue weighted by Crippen LogP contribution is -2.09. The molecule has 1 saturated carbocycles. The Labute approximate surface area is 252 Å². The molecule has 1 aliphatic rings. The van der Waals surface area contributed by atoms with Gasteiger partial charge in [0, 0.05) is 26.2 Å². The lowest BCUT2D eigenvalue weighted by Gasteiger charge is -2.14. The zero-order chi connectivity index (χ0) is 27.3. The van der Waals surface area contributed by atoms with Gasteiger partial charge in [0.05, 0.1) is 17.3 Å². The SMILES string of the molecule is Clc1ccc(C2(c3nnc(-c4nc(-c5ccccc5Cl)n(-c5ccc(Br)cc5)c4Cn4cncn4)s3)CC2)cc1. The van der Waals surface area contributed by atoms with Crippen LogP contribution in [0.25, 0.3) is 27.8 Å². The van der Waals surface area contributed by atoms with Crippen LogP contribution in [0.1, 0.15) is 29.1 Å². The van der Waals surface area contributed by atoms with Crippen molar-refractivity contribution >= 4 is 50.5 Å². The van der Waals surface area contributed by atoms with E-state index in [0.717, 1.165) is 55.0 Å². The number of hydrogen-bond donors (Lipinski definition) is 0. The summed E-state index contributed by atoms with van der Waals surface area (Å²) < 4.78 is 4.89. The van der Waals surface area contributed by atoms with Gasteiger partial charge in [0.15, 0.2) is 5.01 Å². The van der Waals surface area contributed by atoms with Crippen LogP contribution in [0.4, 0.5) is 0 Å². The molecule has 0 aliphatic heterocycles. The summed E-state index contributed by atoms with van der Waals surface area (Å²) in [6, 6.07) is 23.9. The van der Waals surface area contributed by atoms with E-state index in [4.69, 9.17) is 33.3 Å². The molecular weight excluding hydrogens is 629 g/mol. The number of rotatable bonds is 7. The average Bonchev–Trinajstić information content (AvgIpc) is 3.29. The Morgan fingerprint density at radius 2 is 1.70 bits per heavy atom. The van der Waals surface area contributed by atoms with E-state index in [1.807, 2.05) is 60.7 Å². The van der Waals surface area contributed by atoms with Crippen molar-refractivity contribution in [2.24, 2.45) is 0 Å².